The number of hydrogen-bond acceptors (Lipinski definition) is 7. The summed E-state index contributed by atoms with van der Waals surface area (Å²) in [7, 11) is 0. The monoisotopic (exact) mass is 689 g/mol. The number of H-pyrrole nitrogens is 1. The van der Waals surface area contributed by atoms with E-state index in [4.69, 9.17) is 4.74 Å². The van der Waals surface area contributed by atoms with Gasteiger partial charge in [0, 0.05) is 21.0 Å². The van der Waals surface area contributed by atoms with Gasteiger partial charge >= 0.3 is 11.0 Å². The number of carbonyl (C=O) groups excluding carboxylic acids is 3. The highest BCUT2D eigenvalue weighted by Crippen LogP contribution is 2.53. The maximum Gasteiger partial charge on any atom is 0.416 e. The second-order valence-corrected chi connectivity index (χ2v) is 12.8. The van der Waals surface area contributed by atoms with Crippen LogP contribution in [0, 0.1) is 5.92 Å². The number of halogens is 4. The molecule has 0 saturated carbocycles. The highest BCUT2D eigenvalue weighted by molar-refractivity contribution is 9.10. The lowest BCUT2D eigenvalue weighted by atomic mass is 9.83. The Bertz CT molecular complexity index is 1810. The van der Waals surface area contributed by atoms with Crippen LogP contribution in [0.1, 0.15) is 21.9 Å². The summed E-state index contributed by atoms with van der Waals surface area (Å²) in [6.07, 6.45) is -4.55. The highest BCUT2D eigenvalue weighted by Gasteiger charge is 2.56. The summed E-state index contributed by atoms with van der Waals surface area (Å²) in [4.78, 5) is 56.5. The normalized spacial score (nSPS) is 19.6. The number of hydrogen-bond donors (Lipinski definition) is 2. The molecule has 2 aliphatic heterocycles. The number of thioether (sulfide) groups is 1. The first-order valence-electron chi connectivity index (χ1n) is 12.7. The van der Waals surface area contributed by atoms with Crippen LogP contribution >= 0.6 is 39.0 Å². The third-order valence-electron chi connectivity index (χ3n) is 6.97. The van der Waals surface area contributed by atoms with Crippen LogP contribution in [0.4, 0.5) is 24.5 Å². The third-order valence-corrected chi connectivity index (χ3v) is 9.90. The number of imide groups is 1. The molecule has 3 aromatic carbocycles. The molecule has 220 valence electrons. The first kappa shape index (κ1) is 29.2. The molecule has 0 aliphatic carbocycles. The summed E-state index contributed by atoms with van der Waals surface area (Å²) >= 11 is 5.49. The van der Waals surface area contributed by atoms with E-state index in [1.165, 1.54) is 17.0 Å². The van der Waals surface area contributed by atoms with Gasteiger partial charge in [-0.2, -0.15) is 13.2 Å². The van der Waals surface area contributed by atoms with Gasteiger partial charge in [0.15, 0.2) is 6.61 Å². The maximum absolute atomic E-state index is 13.8. The van der Waals surface area contributed by atoms with Crippen molar-refractivity contribution in [3.05, 3.63) is 103 Å². The standard InChI is InChI=1S/C29H19BrF3N3O5S2/c30-16-7-9-18(10-8-16)36-26(38)22-21(23-25(35-28(40)43-23)42-24(22)27(36)39)14-3-1-6-19(11-14)41-13-20(37)34-17-5-2-4-15(12-17)29(31,32)33/h1-12,21-22,24H,13H2,(H,34,37)(H,35,40). The van der Waals surface area contributed by atoms with Crippen molar-refractivity contribution in [2.24, 2.45) is 5.92 Å². The number of thiazole rings is 1. The number of rotatable bonds is 6. The smallest absolute Gasteiger partial charge is 0.416 e. The van der Waals surface area contributed by atoms with Crippen molar-refractivity contribution in [2.75, 3.05) is 16.8 Å². The fourth-order valence-corrected chi connectivity index (χ4v) is 7.92. The van der Waals surface area contributed by atoms with Crippen LogP contribution in [0.2, 0.25) is 0 Å². The molecule has 1 fully saturated rings. The van der Waals surface area contributed by atoms with Crippen molar-refractivity contribution < 1.29 is 32.3 Å². The summed E-state index contributed by atoms with van der Waals surface area (Å²) in [5.41, 5.74) is 0.111. The summed E-state index contributed by atoms with van der Waals surface area (Å²) in [5.74, 6) is -2.65. The van der Waals surface area contributed by atoms with E-state index in [0.29, 0.717) is 21.2 Å². The minimum atomic E-state index is -4.55. The van der Waals surface area contributed by atoms with Crippen molar-refractivity contribution in [3.63, 3.8) is 0 Å². The van der Waals surface area contributed by atoms with Crippen LogP contribution in [0.25, 0.3) is 0 Å². The molecule has 3 heterocycles. The molecule has 8 nitrogen and oxygen atoms in total. The first-order valence-corrected chi connectivity index (χ1v) is 15.2. The second-order valence-electron chi connectivity index (χ2n) is 9.73. The Balaban J connectivity index is 1.25. The third kappa shape index (κ3) is 5.74. The average molecular weight is 691 g/mol. The zero-order valence-corrected chi connectivity index (χ0v) is 24.9. The summed E-state index contributed by atoms with van der Waals surface area (Å²) < 4.78 is 45.5. The Hall–Kier alpha value is -3.88. The van der Waals surface area contributed by atoms with Gasteiger partial charge in [-0.05, 0) is 60.2 Å². The van der Waals surface area contributed by atoms with Gasteiger partial charge in [-0.25, -0.2) is 4.90 Å². The molecule has 1 aromatic heterocycles. The fraction of sp³-hybridized carbons (Fsp3) is 0.172. The summed E-state index contributed by atoms with van der Waals surface area (Å²) in [6, 6.07) is 17.7. The predicted octanol–water partition coefficient (Wildman–Crippen LogP) is 6.03. The predicted molar refractivity (Wildman–Crippen MR) is 159 cm³/mol. The topological polar surface area (TPSA) is 109 Å². The van der Waals surface area contributed by atoms with Crippen molar-refractivity contribution >= 4 is 68.1 Å². The van der Waals surface area contributed by atoms with Gasteiger partial charge in [0.1, 0.15) is 11.0 Å². The molecule has 0 radical (unpaired) electrons. The molecule has 43 heavy (non-hydrogen) atoms. The fourth-order valence-electron chi connectivity index (χ4n) is 5.14. The van der Waals surface area contributed by atoms with E-state index in [9.17, 15) is 32.3 Å². The van der Waals surface area contributed by atoms with E-state index in [1.807, 2.05) is 0 Å². The zero-order valence-electron chi connectivity index (χ0n) is 21.7. The van der Waals surface area contributed by atoms with E-state index >= 15 is 0 Å². The molecule has 4 aromatic rings. The molecule has 3 unspecified atom stereocenters. The van der Waals surface area contributed by atoms with Crippen LogP contribution in [-0.4, -0.2) is 34.6 Å². The Morgan fingerprint density at radius 1 is 1.00 bits per heavy atom. The van der Waals surface area contributed by atoms with Crippen LogP contribution in [0.3, 0.4) is 0 Å². The minimum absolute atomic E-state index is 0.0300. The molecule has 1 saturated heterocycles. The van der Waals surface area contributed by atoms with E-state index in [2.05, 4.69) is 26.2 Å². The van der Waals surface area contributed by atoms with Crippen LogP contribution in [0.5, 0.6) is 5.75 Å². The molecule has 0 bridgehead atoms. The number of carbonyl (C=O) groups is 3. The Labute approximate surface area is 258 Å². The van der Waals surface area contributed by atoms with Crippen molar-refractivity contribution in [3.8, 4) is 5.75 Å². The number of nitrogens with one attached hydrogen (secondary N) is 2. The summed E-state index contributed by atoms with van der Waals surface area (Å²) in [6.45, 7) is -0.496. The molecule has 2 N–H and O–H groups in total. The average Bonchev–Trinajstić information content (AvgIpc) is 3.46. The Morgan fingerprint density at radius 2 is 1.74 bits per heavy atom. The SMILES string of the molecule is O=C(COc1cccc(C2c3sc(=O)[nH]c3SC3C(=O)N(c4ccc(Br)cc4)C(=O)C32)c1)Nc1cccc(C(F)(F)F)c1. The van der Waals surface area contributed by atoms with E-state index in [1.54, 1.807) is 48.5 Å². The van der Waals surface area contributed by atoms with Gasteiger partial charge < -0.3 is 15.0 Å². The number of aromatic amines is 1. The molecule has 2 aliphatic rings. The Morgan fingerprint density at radius 3 is 2.49 bits per heavy atom. The van der Waals surface area contributed by atoms with Crippen LogP contribution in [-0.2, 0) is 20.6 Å². The number of nitrogens with zero attached hydrogens (tertiary/aromatic N) is 1. The second kappa shape index (κ2) is 11.3. The number of amides is 3. The quantitative estimate of drug-likeness (QED) is 0.240. The number of ether oxygens (including phenoxy) is 1. The molecule has 14 heteroatoms. The van der Waals surface area contributed by atoms with E-state index in [0.717, 1.165) is 39.7 Å². The number of alkyl halides is 3. The number of benzene rings is 3. The van der Waals surface area contributed by atoms with Gasteiger partial charge in [0.25, 0.3) is 5.91 Å². The van der Waals surface area contributed by atoms with Gasteiger partial charge in [-0.3, -0.25) is 19.2 Å². The number of anilines is 2. The number of fused-ring (bicyclic) bond motifs is 2. The maximum atomic E-state index is 13.8. The van der Waals surface area contributed by atoms with Gasteiger partial charge in [0.2, 0.25) is 11.8 Å². The van der Waals surface area contributed by atoms with Gasteiger partial charge in [0.05, 0.1) is 22.2 Å². The molecular weight excluding hydrogens is 671 g/mol. The molecule has 3 atom stereocenters. The van der Waals surface area contributed by atoms with Crippen LogP contribution in [0.15, 0.2) is 87.1 Å². The molecular formula is C29H19BrF3N3O5S2. The largest absolute Gasteiger partial charge is 0.484 e. The Kier molecular flexibility index (Phi) is 7.69. The summed E-state index contributed by atoms with van der Waals surface area (Å²) in [5, 5.41) is 2.13. The lowest BCUT2D eigenvalue weighted by Crippen LogP contribution is -2.32. The zero-order chi connectivity index (χ0) is 30.5. The lowest BCUT2D eigenvalue weighted by molar-refractivity contribution is -0.137. The van der Waals surface area contributed by atoms with Crippen molar-refractivity contribution in [1.82, 2.24) is 4.98 Å². The molecule has 3 amide bonds. The lowest BCUT2D eigenvalue weighted by Gasteiger charge is -2.30. The molecule has 0 spiro atoms. The van der Waals surface area contributed by atoms with E-state index in [-0.39, 0.29) is 22.2 Å². The van der Waals surface area contributed by atoms with E-state index < -0.39 is 47.2 Å². The van der Waals surface area contributed by atoms with Gasteiger partial charge in [-0.1, -0.05) is 57.2 Å². The first-order chi connectivity index (χ1) is 20.5. The van der Waals surface area contributed by atoms with Gasteiger partial charge in [-0.15, -0.1) is 0 Å². The molecule has 6 rings (SSSR count). The van der Waals surface area contributed by atoms with Crippen LogP contribution < -0.4 is 19.8 Å². The van der Waals surface area contributed by atoms with Crippen molar-refractivity contribution in [2.45, 2.75) is 22.4 Å². The number of aromatic nitrogens is 1. The van der Waals surface area contributed by atoms with Crippen molar-refractivity contribution in [1.29, 1.82) is 0 Å². The highest BCUT2D eigenvalue weighted by atomic mass is 79.9. The minimum Gasteiger partial charge on any atom is -0.484 e.